The number of aryl methyl sites for hydroxylation is 3. The molecule has 6 nitrogen and oxygen atoms in total. The molecular weight excluding hydrogens is 274 g/mol. The molecule has 0 atom stereocenters. The molecular formula is C13H19N5OS. The van der Waals surface area contributed by atoms with Crippen molar-refractivity contribution >= 4 is 17.3 Å². The third kappa shape index (κ3) is 3.36. The molecule has 0 bridgehead atoms. The third-order valence-corrected chi connectivity index (χ3v) is 4.03. The van der Waals surface area contributed by atoms with Gasteiger partial charge in [0.1, 0.15) is 5.76 Å². The van der Waals surface area contributed by atoms with E-state index in [1.165, 1.54) is 4.88 Å². The van der Waals surface area contributed by atoms with Crippen molar-refractivity contribution in [3.05, 3.63) is 33.1 Å². The van der Waals surface area contributed by atoms with E-state index in [4.69, 9.17) is 4.52 Å². The van der Waals surface area contributed by atoms with Gasteiger partial charge in [-0.05, 0) is 20.8 Å². The second kappa shape index (κ2) is 6.51. The number of nitrogens with one attached hydrogen (secondary N) is 2. The second-order valence-electron chi connectivity index (χ2n) is 4.44. The van der Waals surface area contributed by atoms with E-state index >= 15 is 0 Å². The van der Waals surface area contributed by atoms with Gasteiger partial charge in [-0.25, -0.2) is 4.98 Å². The average Bonchev–Trinajstić information content (AvgIpc) is 2.98. The van der Waals surface area contributed by atoms with Gasteiger partial charge in [0.15, 0.2) is 5.96 Å². The summed E-state index contributed by atoms with van der Waals surface area (Å²) in [6.07, 6.45) is 0. The molecule has 2 heterocycles. The fourth-order valence-electron chi connectivity index (χ4n) is 1.81. The Morgan fingerprint density at radius 3 is 2.55 bits per heavy atom. The van der Waals surface area contributed by atoms with Crippen LogP contribution in [0.25, 0.3) is 0 Å². The van der Waals surface area contributed by atoms with Gasteiger partial charge in [-0.2, -0.15) is 0 Å². The van der Waals surface area contributed by atoms with E-state index in [2.05, 4.69) is 25.8 Å². The van der Waals surface area contributed by atoms with E-state index in [-0.39, 0.29) is 0 Å². The molecule has 0 aromatic carbocycles. The van der Waals surface area contributed by atoms with E-state index in [0.717, 1.165) is 35.2 Å². The molecule has 0 saturated heterocycles. The molecule has 2 rings (SSSR count). The lowest BCUT2D eigenvalue weighted by Crippen LogP contribution is -2.36. The molecule has 2 aromatic heterocycles. The molecule has 0 spiro atoms. The molecule has 0 amide bonds. The fourth-order valence-corrected chi connectivity index (χ4v) is 2.52. The summed E-state index contributed by atoms with van der Waals surface area (Å²) in [5.74, 6) is 1.58. The van der Waals surface area contributed by atoms with Crippen LogP contribution in [0.3, 0.4) is 0 Å². The highest BCUT2D eigenvalue weighted by molar-refractivity contribution is 7.09. The maximum Gasteiger partial charge on any atom is 0.191 e. The molecule has 2 N–H and O–H groups in total. The predicted molar refractivity (Wildman–Crippen MR) is 79.9 cm³/mol. The van der Waals surface area contributed by atoms with E-state index in [0.29, 0.717) is 6.54 Å². The summed E-state index contributed by atoms with van der Waals surface area (Å²) in [4.78, 5) is 9.64. The molecule has 108 valence electrons. The highest BCUT2D eigenvalue weighted by Crippen LogP contribution is 2.12. The zero-order valence-electron chi connectivity index (χ0n) is 12.1. The van der Waals surface area contributed by atoms with Gasteiger partial charge in [-0.3, -0.25) is 4.99 Å². The Hall–Kier alpha value is -1.89. The van der Waals surface area contributed by atoms with Gasteiger partial charge in [0, 0.05) is 24.0 Å². The summed E-state index contributed by atoms with van der Waals surface area (Å²) in [7, 11) is 1.75. The Morgan fingerprint density at radius 2 is 2.00 bits per heavy atom. The Labute approximate surface area is 122 Å². The van der Waals surface area contributed by atoms with Crippen LogP contribution in [0.2, 0.25) is 0 Å². The topological polar surface area (TPSA) is 75.3 Å². The Bertz CT molecular complexity index is 582. The van der Waals surface area contributed by atoms with Crippen molar-refractivity contribution in [2.75, 3.05) is 7.05 Å². The lowest BCUT2D eigenvalue weighted by atomic mass is 10.2. The van der Waals surface area contributed by atoms with Crippen LogP contribution in [-0.4, -0.2) is 23.1 Å². The first kappa shape index (κ1) is 14.5. The number of aromatic nitrogens is 2. The molecule has 0 saturated carbocycles. The zero-order chi connectivity index (χ0) is 14.5. The van der Waals surface area contributed by atoms with Crippen molar-refractivity contribution in [1.29, 1.82) is 0 Å². The number of hydrogen-bond donors (Lipinski definition) is 2. The van der Waals surface area contributed by atoms with Crippen LogP contribution in [0.5, 0.6) is 0 Å². The van der Waals surface area contributed by atoms with Crippen molar-refractivity contribution in [2.24, 2.45) is 4.99 Å². The van der Waals surface area contributed by atoms with Gasteiger partial charge in [-0.15, -0.1) is 11.3 Å². The monoisotopic (exact) mass is 293 g/mol. The van der Waals surface area contributed by atoms with Gasteiger partial charge in [-0.1, -0.05) is 5.16 Å². The van der Waals surface area contributed by atoms with Crippen LogP contribution in [0.4, 0.5) is 0 Å². The number of guanidine groups is 1. The minimum atomic E-state index is 0.641. The largest absolute Gasteiger partial charge is 0.361 e. The molecule has 0 fully saturated rings. The summed E-state index contributed by atoms with van der Waals surface area (Å²) in [5.41, 5.74) is 4.89. The van der Waals surface area contributed by atoms with Crippen LogP contribution in [-0.2, 0) is 13.1 Å². The van der Waals surface area contributed by atoms with Crippen molar-refractivity contribution in [3.8, 4) is 0 Å². The number of nitrogens with zero attached hydrogens (tertiary/aromatic N) is 3. The predicted octanol–water partition coefficient (Wildman–Crippen LogP) is 1.92. The number of aliphatic imine (C=N–C) groups is 1. The number of hydrogen-bond acceptors (Lipinski definition) is 5. The van der Waals surface area contributed by atoms with Crippen LogP contribution in [0, 0.1) is 20.8 Å². The molecule has 20 heavy (non-hydrogen) atoms. The molecule has 0 aliphatic carbocycles. The van der Waals surface area contributed by atoms with Gasteiger partial charge in [0.05, 0.1) is 23.4 Å². The summed E-state index contributed by atoms with van der Waals surface area (Å²) in [6, 6.07) is 0. The van der Waals surface area contributed by atoms with Crippen molar-refractivity contribution in [3.63, 3.8) is 0 Å². The summed E-state index contributed by atoms with van der Waals surface area (Å²) in [6.45, 7) is 7.21. The lowest BCUT2D eigenvalue weighted by molar-refractivity contribution is 0.392. The molecule has 0 aliphatic rings. The lowest BCUT2D eigenvalue weighted by Gasteiger charge is -2.11. The van der Waals surface area contributed by atoms with E-state index in [1.807, 2.05) is 26.3 Å². The van der Waals surface area contributed by atoms with Crippen molar-refractivity contribution in [2.45, 2.75) is 33.9 Å². The van der Waals surface area contributed by atoms with Crippen molar-refractivity contribution < 1.29 is 4.52 Å². The Morgan fingerprint density at radius 1 is 1.25 bits per heavy atom. The van der Waals surface area contributed by atoms with E-state index in [9.17, 15) is 0 Å². The first-order valence-electron chi connectivity index (χ1n) is 6.37. The van der Waals surface area contributed by atoms with Crippen LogP contribution in [0.15, 0.2) is 15.0 Å². The van der Waals surface area contributed by atoms with Gasteiger partial charge in [0.25, 0.3) is 0 Å². The molecule has 7 heteroatoms. The molecule has 0 radical (unpaired) electrons. The fraction of sp³-hybridized carbons (Fsp3) is 0.462. The minimum Gasteiger partial charge on any atom is -0.361 e. The summed E-state index contributed by atoms with van der Waals surface area (Å²) < 4.78 is 5.14. The number of thiazole rings is 1. The van der Waals surface area contributed by atoms with Gasteiger partial charge < -0.3 is 15.2 Å². The SMILES string of the molecule is CN=C(NCc1scnc1C)NCc1c(C)noc1C. The van der Waals surface area contributed by atoms with Crippen LogP contribution >= 0.6 is 11.3 Å². The first-order chi connectivity index (χ1) is 9.61. The van der Waals surface area contributed by atoms with Crippen molar-refractivity contribution in [1.82, 2.24) is 20.8 Å². The molecule has 0 unspecified atom stereocenters. The normalized spacial score (nSPS) is 11.7. The minimum absolute atomic E-state index is 0.641. The molecule has 2 aromatic rings. The van der Waals surface area contributed by atoms with E-state index in [1.54, 1.807) is 18.4 Å². The summed E-state index contributed by atoms with van der Waals surface area (Å²) in [5, 5.41) is 10.5. The standard InChI is InChI=1S/C13H19N5OS/c1-8-11(10(3)19-18-8)5-15-13(14-4)16-6-12-9(2)17-7-20-12/h7H,5-6H2,1-4H3,(H2,14,15,16). The van der Waals surface area contributed by atoms with Gasteiger partial charge in [0.2, 0.25) is 0 Å². The molecule has 0 aliphatic heterocycles. The summed E-state index contributed by atoms with van der Waals surface area (Å²) >= 11 is 1.64. The van der Waals surface area contributed by atoms with E-state index < -0.39 is 0 Å². The smallest absolute Gasteiger partial charge is 0.191 e. The third-order valence-electron chi connectivity index (χ3n) is 3.10. The van der Waals surface area contributed by atoms with Crippen LogP contribution in [0.1, 0.15) is 27.6 Å². The maximum absolute atomic E-state index is 5.14. The Balaban J connectivity index is 1.89. The number of rotatable bonds is 4. The highest BCUT2D eigenvalue weighted by atomic mass is 32.1. The average molecular weight is 293 g/mol. The maximum atomic E-state index is 5.14. The zero-order valence-corrected chi connectivity index (χ0v) is 13.0. The Kier molecular flexibility index (Phi) is 4.73. The quantitative estimate of drug-likeness (QED) is 0.665. The highest BCUT2D eigenvalue weighted by Gasteiger charge is 2.09. The second-order valence-corrected chi connectivity index (χ2v) is 5.38. The van der Waals surface area contributed by atoms with Crippen LogP contribution < -0.4 is 10.6 Å². The first-order valence-corrected chi connectivity index (χ1v) is 7.25. The van der Waals surface area contributed by atoms with Gasteiger partial charge >= 0.3 is 0 Å².